The van der Waals surface area contributed by atoms with Crippen LogP contribution in [-0.4, -0.2) is 69.1 Å². The van der Waals surface area contributed by atoms with Crippen LogP contribution in [0.2, 0.25) is 0 Å². The lowest BCUT2D eigenvalue weighted by Gasteiger charge is -2.35. The van der Waals surface area contributed by atoms with Gasteiger partial charge in [0.25, 0.3) is 11.6 Å². The normalized spacial score (nSPS) is 14.8. The standard InChI is InChI=1S/C20H24N4O6S/c1-30-17-8-6-16(7-9-17)22-11-13-23(14-12-22)31(28,29)15-10-21-20(25)18-4-2-3-5-19(18)24(26)27/h2-9H,10-15H2,1H3,(H,21,25). The van der Waals surface area contributed by atoms with Crippen LogP contribution in [0.4, 0.5) is 11.4 Å². The lowest BCUT2D eigenvalue weighted by molar-refractivity contribution is -0.385. The lowest BCUT2D eigenvalue weighted by atomic mass is 10.1. The molecule has 0 aliphatic carbocycles. The third-order valence-corrected chi connectivity index (χ3v) is 6.93. The number of nitrogens with zero attached hydrogens (tertiary/aromatic N) is 3. The largest absolute Gasteiger partial charge is 0.497 e. The topological polar surface area (TPSA) is 122 Å². The highest BCUT2D eigenvalue weighted by Gasteiger charge is 2.27. The maximum atomic E-state index is 12.6. The Hall–Kier alpha value is -3.18. The SMILES string of the molecule is COc1ccc(N2CCN(S(=O)(=O)CCNC(=O)c3ccccc3[N+](=O)[O-])CC2)cc1. The predicted molar refractivity (Wildman–Crippen MR) is 116 cm³/mol. The van der Waals surface area contributed by atoms with E-state index in [1.54, 1.807) is 7.11 Å². The van der Waals surface area contributed by atoms with Gasteiger partial charge in [0.05, 0.1) is 17.8 Å². The molecule has 10 nitrogen and oxygen atoms in total. The smallest absolute Gasteiger partial charge is 0.282 e. The van der Waals surface area contributed by atoms with Crippen molar-refractivity contribution in [3.63, 3.8) is 0 Å². The van der Waals surface area contributed by atoms with Gasteiger partial charge in [-0.2, -0.15) is 4.31 Å². The number of benzene rings is 2. The summed E-state index contributed by atoms with van der Waals surface area (Å²) in [4.78, 5) is 24.7. The fraction of sp³-hybridized carbons (Fsp3) is 0.350. The second-order valence-corrected chi connectivity index (χ2v) is 9.02. The number of rotatable bonds is 8. The molecule has 0 unspecified atom stereocenters. The molecule has 11 heteroatoms. The molecule has 0 saturated carbocycles. The highest BCUT2D eigenvalue weighted by molar-refractivity contribution is 7.89. The Kier molecular flexibility index (Phi) is 7.08. The molecule has 0 atom stereocenters. The Balaban J connectivity index is 1.51. The number of hydrogen-bond acceptors (Lipinski definition) is 7. The summed E-state index contributed by atoms with van der Waals surface area (Å²) in [5, 5.41) is 13.5. The molecule has 2 aromatic carbocycles. The van der Waals surface area contributed by atoms with Crippen LogP contribution >= 0.6 is 0 Å². The molecule has 0 radical (unpaired) electrons. The van der Waals surface area contributed by atoms with Gasteiger partial charge in [-0.25, -0.2) is 8.42 Å². The van der Waals surface area contributed by atoms with Gasteiger partial charge in [-0.15, -0.1) is 0 Å². The third-order valence-electron chi connectivity index (χ3n) is 5.06. The summed E-state index contributed by atoms with van der Waals surface area (Å²) in [6.45, 7) is 1.65. The molecule has 1 N–H and O–H groups in total. The van der Waals surface area contributed by atoms with Gasteiger partial charge in [0, 0.05) is 44.5 Å². The van der Waals surface area contributed by atoms with E-state index in [0.717, 1.165) is 11.4 Å². The predicted octanol–water partition coefficient (Wildman–Crippen LogP) is 1.49. The summed E-state index contributed by atoms with van der Waals surface area (Å²) in [5.41, 5.74) is 0.574. The molecule has 0 bridgehead atoms. The molecule has 1 heterocycles. The number of hydrogen-bond donors (Lipinski definition) is 1. The summed E-state index contributed by atoms with van der Waals surface area (Å²) < 4.78 is 31.8. The van der Waals surface area contributed by atoms with Gasteiger partial charge >= 0.3 is 0 Å². The van der Waals surface area contributed by atoms with Crippen molar-refractivity contribution in [3.05, 3.63) is 64.2 Å². The molecule has 166 valence electrons. The number of nitro benzene ring substituents is 1. The van der Waals surface area contributed by atoms with Crippen molar-refractivity contribution in [2.45, 2.75) is 0 Å². The van der Waals surface area contributed by atoms with E-state index < -0.39 is 20.9 Å². The number of piperazine rings is 1. The molecular weight excluding hydrogens is 424 g/mol. The maximum Gasteiger partial charge on any atom is 0.282 e. The first-order valence-electron chi connectivity index (χ1n) is 9.70. The fourth-order valence-corrected chi connectivity index (χ4v) is 4.70. The van der Waals surface area contributed by atoms with Gasteiger partial charge in [-0.1, -0.05) is 12.1 Å². The van der Waals surface area contributed by atoms with E-state index in [-0.39, 0.29) is 23.5 Å². The zero-order valence-corrected chi connectivity index (χ0v) is 17.9. The van der Waals surface area contributed by atoms with Gasteiger partial charge in [0.15, 0.2) is 0 Å². The van der Waals surface area contributed by atoms with Crippen LogP contribution in [0.3, 0.4) is 0 Å². The quantitative estimate of drug-likeness (QED) is 0.479. The zero-order valence-electron chi connectivity index (χ0n) is 17.1. The fourth-order valence-electron chi connectivity index (χ4n) is 3.36. The van der Waals surface area contributed by atoms with E-state index in [0.29, 0.717) is 26.2 Å². The van der Waals surface area contributed by atoms with E-state index in [4.69, 9.17) is 4.74 Å². The number of ether oxygens (including phenoxy) is 1. The van der Waals surface area contributed by atoms with E-state index >= 15 is 0 Å². The van der Waals surface area contributed by atoms with Gasteiger partial charge in [-0.05, 0) is 30.3 Å². The summed E-state index contributed by atoms with van der Waals surface area (Å²) in [5.74, 6) is -0.193. The molecule has 1 amide bonds. The molecule has 1 saturated heterocycles. The maximum absolute atomic E-state index is 12.6. The monoisotopic (exact) mass is 448 g/mol. The third kappa shape index (κ3) is 5.50. The Morgan fingerprint density at radius 2 is 1.74 bits per heavy atom. The number of para-hydroxylation sites is 1. The minimum Gasteiger partial charge on any atom is -0.497 e. The van der Waals surface area contributed by atoms with Crippen LogP contribution in [0.1, 0.15) is 10.4 Å². The summed E-state index contributed by atoms with van der Waals surface area (Å²) in [6.07, 6.45) is 0. The van der Waals surface area contributed by atoms with Crippen molar-refractivity contribution in [2.75, 3.05) is 50.5 Å². The number of anilines is 1. The minimum atomic E-state index is -3.57. The molecule has 2 aromatic rings. The molecule has 1 aliphatic heterocycles. The Morgan fingerprint density at radius 3 is 2.35 bits per heavy atom. The number of carbonyl (C=O) groups is 1. The average Bonchev–Trinajstić information content (AvgIpc) is 2.79. The van der Waals surface area contributed by atoms with Crippen molar-refractivity contribution >= 4 is 27.3 Å². The first kappa shape index (κ1) is 22.5. The van der Waals surface area contributed by atoms with Crippen LogP contribution in [0, 0.1) is 10.1 Å². The first-order valence-corrected chi connectivity index (χ1v) is 11.3. The Labute approximate surface area is 180 Å². The second kappa shape index (κ2) is 9.75. The number of amides is 1. The van der Waals surface area contributed by atoms with Crippen LogP contribution in [0.15, 0.2) is 48.5 Å². The minimum absolute atomic E-state index is 0.0991. The van der Waals surface area contributed by atoms with Crippen molar-refractivity contribution in [1.82, 2.24) is 9.62 Å². The molecule has 31 heavy (non-hydrogen) atoms. The van der Waals surface area contributed by atoms with E-state index in [1.807, 2.05) is 24.3 Å². The lowest BCUT2D eigenvalue weighted by Crippen LogP contribution is -2.50. The van der Waals surface area contributed by atoms with E-state index in [2.05, 4.69) is 10.2 Å². The summed E-state index contributed by atoms with van der Waals surface area (Å²) >= 11 is 0. The number of sulfonamides is 1. The Morgan fingerprint density at radius 1 is 1.10 bits per heavy atom. The van der Waals surface area contributed by atoms with Crippen molar-refractivity contribution in [1.29, 1.82) is 0 Å². The van der Waals surface area contributed by atoms with Gasteiger partial charge in [0.2, 0.25) is 10.0 Å². The first-order chi connectivity index (χ1) is 14.8. The van der Waals surface area contributed by atoms with Gasteiger partial charge in [0.1, 0.15) is 11.3 Å². The van der Waals surface area contributed by atoms with Crippen molar-refractivity contribution in [3.8, 4) is 5.75 Å². The molecule has 3 rings (SSSR count). The molecule has 1 aliphatic rings. The van der Waals surface area contributed by atoms with Crippen molar-refractivity contribution < 1.29 is 22.9 Å². The number of carbonyl (C=O) groups excluding carboxylic acids is 1. The van der Waals surface area contributed by atoms with Crippen LogP contribution < -0.4 is 15.0 Å². The molecular formula is C20H24N4O6S. The number of nitro groups is 1. The van der Waals surface area contributed by atoms with Gasteiger partial charge in [-0.3, -0.25) is 14.9 Å². The molecule has 0 spiro atoms. The molecule has 0 aromatic heterocycles. The highest BCUT2D eigenvalue weighted by atomic mass is 32.2. The average molecular weight is 449 g/mol. The van der Waals surface area contributed by atoms with Crippen LogP contribution in [0.5, 0.6) is 5.75 Å². The number of methoxy groups -OCH3 is 1. The highest BCUT2D eigenvalue weighted by Crippen LogP contribution is 2.21. The van der Waals surface area contributed by atoms with Crippen LogP contribution in [0.25, 0.3) is 0 Å². The van der Waals surface area contributed by atoms with E-state index in [1.165, 1.54) is 28.6 Å². The second-order valence-electron chi connectivity index (χ2n) is 6.93. The Bertz CT molecular complexity index is 1030. The van der Waals surface area contributed by atoms with Crippen molar-refractivity contribution in [2.24, 2.45) is 0 Å². The van der Waals surface area contributed by atoms with Crippen LogP contribution in [-0.2, 0) is 10.0 Å². The summed E-state index contributed by atoms with van der Waals surface area (Å²) in [6, 6.07) is 13.1. The zero-order chi connectivity index (χ0) is 22.4. The molecule has 1 fully saturated rings. The summed E-state index contributed by atoms with van der Waals surface area (Å²) in [7, 11) is -1.97. The number of nitrogens with one attached hydrogen (secondary N) is 1. The van der Waals surface area contributed by atoms with E-state index in [9.17, 15) is 23.3 Å². The van der Waals surface area contributed by atoms with Gasteiger partial charge < -0.3 is 15.0 Å².